The van der Waals surface area contributed by atoms with E-state index in [1.165, 1.54) is 6.07 Å². The Labute approximate surface area is 83.8 Å². The summed E-state index contributed by atoms with van der Waals surface area (Å²) in [4.78, 5) is 4.22. The van der Waals surface area contributed by atoms with Gasteiger partial charge in [-0.15, -0.1) is 0 Å². The molecule has 0 saturated carbocycles. The van der Waals surface area contributed by atoms with Gasteiger partial charge in [0.25, 0.3) is 0 Å². The van der Waals surface area contributed by atoms with Crippen LogP contribution in [0.1, 0.15) is 43.3 Å². The van der Waals surface area contributed by atoms with Crippen LogP contribution in [0, 0.1) is 5.82 Å². The molecule has 3 heteroatoms. The summed E-state index contributed by atoms with van der Waals surface area (Å²) < 4.78 is 13.2. The lowest BCUT2D eigenvalue weighted by atomic mass is 10.1. The van der Waals surface area contributed by atoms with Crippen LogP contribution in [0.15, 0.2) is 12.1 Å². The van der Waals surface area contributed by atoms with E-state index in [-0.39, 0.29) is 17.0 Å². The van der Waals surface area contributed by atoms with Gasteiger partial charge in [-0.1, -0.05) is 13.8 Å². The van der Waals surface area contributed by atoms with E-state index in [4.69, 9.17) is 0 Å². The van der Waals surface area contributed by atoms with E-state index in [0.29, 0.717) is 5.69 Å². The molecule has 13 heavy (non-hydrogen) atoms. The van der Waals surface area contributed by atoms with Crippen molar-refractivity contribution in [3.05, 3.63) is 29.3 Å². The summed E-state index contributed by atoms with van der Waals surface area (Å²) in [5, 5.41) is 0.0538. The molecule has 1 nitrogen and oxygen atoms in total. The number of rotatable bonds is 2. The van der Waals surface area contributed by atoms with Crippen molar-refractivity contribution in [1.29, 1.82) is 0 Å². The van der Waals surface area contributed by atoms with Crippen LogP contribution in [0.25, 0.3) is 0 Å². The molecule has 72 valence electrons. The fraction of sp³-hybridized carbons (Fsp3) is 0.500. The van der Waals surface area contributed by atoms with Crippen molar-refractivity contribution in [2.45, 2.75) is 31.9 Å². The van der Waals surface area contributed by atoms with E-state index in [1.807, 2.05) is 20.8 Å². The lowest BCUT2D eigenvalue weighted by Crippen LogP contribution is -2.01. The van der Waals surface area contributed by atoms with Crippen LogP contribution in [0.4, 0.5) is 4.39 Å². The number of thiol groups is 1. The highest BCUT2D eigenvalue weighted by molar-refractivity contribution is 7.80. The number of pyridine rings is 1. The monoisotopic (exact) mass is 199 g/mol. The molecule has 0 aromatic carbocycles. The Hall–Kier alpha value is -0.570. The van der Waals surface area contributed by atoms with Crippen LogP contribution < -0.4 is 0 Å². The number of nitrogens with zero attached hydrogens (tertiary/aromatic N) is 1. The molecule has 1 rings (SSSR count). The quantitative estimate of drug-likeness (QED) is 0.721. The number of aromatic nitrogens is 1. The molecule has 1 atom stereocenters. The van der Waals surface area contributed by atoms with Gasteiger partial charge in [0.1, 0.15) is 5.82 Å². The zero-order valence-electron chi connectivity index (χ0n) is 8.08. The lowest BCUT2D eigenvalue weighted by molar-refractivity contribution is 0.581. The molecule has 0 aliphatic rings. The van der Waals surface area contributed by atoms with E-state index >= 15 is 0 Å². The molecule has 0 spiro atoms. The van der Waals surface area contributed by atoms with Gasteiger partial charge in [-0.05, 0) is 25.0 Å². The Morgan fingerprint density at radius 1 is 1.31 bits per heavy atom. The molecule has 0 amide bonds. The molecule has 0 aliphatic heterocycles. The summed E-state index contributed by atoms with van der Waals surface area (Å²) in [6.07, 6.45) is 0. The van der Waals surface area contributed by atoms with E-state index in [0.717, 1.165) is 5.69 Å². The first-order valence-electron chi connectivity index (χ1n) is 4.36. The fourth-order valence-corrected chi connectivity index (χ4v) is 1.26. The van der Waals surface area contributed by atoms with Crippen molar-refractivity contribution in [3.63, 3.8) is 0 Å². The maximum atomic E-state index is 13.2. The van der Waals surface area contributed by atoms with Gasteiger partial charge >= 0.3 is 0 Å². The highest BCUT2D eigenvalue weighted by Crippen LogP contribution is 2.21. The normalized spacial score (nSPS) is 13.4. The van der Waals surface area contributed by atoms with Gasteiger partial charge in [0.2, 0.25) is 0 Å². The first-order chi connectivity index (χ1) is 6.02. The highest BCUT2D eigenvalue weighted by atomic mass is 32.1. The SMILES string of the molecule is CC(C)c1nc(C(C)S)ccc1F. The molecule has 1 aromatic heterocycles. The van der Waals surface area contributed by atoms with Crippen molar-refractivity contribution in [3.8, 4) is 0 Å². The summed E-state index contributed by atoms with van der Waals surface area (Å²) >= 11 is 4.25. The van der Waals surface area contributed by atoms with Crippen LogP contribution in [0.3, 0.4) is 0 Å². The van der Waals surface area contributed by atoms with E-state index in [9.17, 15) is 4.39 Å². The third kappa shape index (κ3) is 2.44. The zero-order valence-corrected chi connectivity index (χ0v) is 8.98. The second kappa shape index (κ2) is 4.09. The Morgan fingerprint density at radius 2 is 1.92 bits per heavy atom. The summed E-state index contributed by atoms with van der Waals surface area (Å²) in [7, 11) is 0. The number of hydrogen-bond donors (Lipinski definition) is 1. The van der Waals surface area contributed by atoms with Crippen LogP contribution in [0.2, 0.25) is 0 Å². The first-order valence-corrected chi connectivity index (χ1v) is 4.88. The molecule has 1 unspecified atom stereocenters. The molecular formula is C10H14FNS. The Balaban J connectivity index is 3.11. The topological polar surface area (TPSA) is 12.9 Å². The molecular weight excluding hydrogens is 185 g/mol. The van der Waals surface area contributed by atoms with Crippen molar-refractivity contribution >= 4 is 12.6 Å². The highest BCUT2D eigenvalue weighted by Gasteiger charge is 2.10. The molecule has 0 N–H and O–H groups in total. The Kier molecular flexibility index (Phi) is 3.31. The molecule has 1 heterocycles. The van der Waals surface area contributed by atoms with Crippen LogP contribution in [-0.2, 0) is 0 Å². The van der Waals surface area contributed by atoms with Crippen LogP contribution >= 0.6 is 12.6 Å². The van der Waals surface area contributed by atoms with Gasteiger partial charge in [0.05, 0.1) is 11.4 Å². The summed E-state index contributed by atoms with van der Waals surface area (Å²) in [6, 6.07) is 3.14. The minimum absolute atomic E-state index is 0.0538. The minimum atomic E-state index is -0.229. The van der Waals surface area contributed by atoms with Gasteiger partial charge in [-0.25, -0.2) is 4.39 Å². The van der Waals surface area contributed by atoms with Crippen molar-refractivity contribution in [2.24, 2.45) is 0 Å². The standard InChI is InChI=1S/C10H14FNS/c1-6(2)10-8(11)4-5-9(12-10)7(3)13/h4-7,13H,1-3H3. The molecule has 0 fully saturated rings. The van der Waals surface area contributed by atoms with Gasteiger partial charge in [0, 0.05) is 5.25 Å². The average Bonchev–Trinajstić information content (AvgIpc) is 2.04. The van der Waals surface area contributed by atoms with Crippen molar-refractivity contribution in [1.82, 2.24) is 4.98 Å². The molecule has 1 aromatic rings. The maximum absolute atomic E-state index is 13.2. The van der Waals surface area contributed by atoms with Crippen LogP contribution in [-0.4, -0.2) is 4.98 Å². The maximum Gasteiger partial charge on any atom is 0.144 e. The summed E-state index contributed by atoms with van der Waals surface area (Å²) in [5.74, 6) is -0.111. The molecule has 0 saturated heterocycles. The summed E-state index contributed by atoms with van der Waals surface area (Å²) in [6.45, 7) is 5.78. The predicted octanol–water partition coefficient (Wildman–Crippen LogP) is 3.33. The summed E-state index contributed by atoms with van der Waals surface area (Å²) in [5.41, 5.74) is 1.35. The number of halogens is 1. The molecule has 0 bridgehead atoms. The predicted molar refractivity (Wildman–Crippen MR) is 55.7 cm³/mol. The first kappa shape index (κ1) is 10.5. The fourth-order valence-electron chi connectivity index (χ4n) is 1.11. The van der Waals surface area contributed by atoms with Gasteiger partial charge < -0.3 is 0 Å². The van der Waals surface area contributed by atoms with Gasteiger partial charge in [0.15, 0.2) is 0 Å². The molecule has 0 aliphatic carbocycles. The second-order valence-corrected chi connectivity index (χ2v) is 4.21. The van der Waals surface area contributed by atoms with Crippen LogP contribution in [0.5, 0.6) is 0 Å². The average molecular weight is 199 g/mol. The van der Waals surface area contributed by atoms with E-state index in [1.54, 1.807) is 6.07 Å². The molecule has 0 radical (unpaired) electrons. The van der Waals surface area contributed by atoms with E-state index < -0.39 is 0 Å². The smallest absolute Gasteiger partial charge is 0.144 e. The van der Waals surface area contributed by atoms with Gasteiger partial charge in [-0.2, -0.15) is 12.6 Å². The third-order valence-electron chi connectivity index (χ3n) is 1.87. The Bertz CT molecular complexity index is 297. The second-order valence-electron chi connectivity index (χ2n) is 3.43. The third-order valence-corrected chi connectivity index (χ3v) is 2.13. The number of hydrogen-bond acceptors (Lipinski definition) is 2. The largest absolute Gasteiger partial charge is 0.253 e. The van der Waals surface area contributed by atoms with Crippen molar-refractivity contribution < 1.29 is 4.39 Å². The lowest BCUT2D eigenvalue weighted by Gasteiger charge is -2.09. The van der Waals surface area contributed by atoms with Crippen molar-refractivity contribution in [2.75, 3.05) is 0 Å². The van der Waals surface area contributed by atoms with E-state index in [2.05, 4.69) is 17.6 Å². The Morgan fingerprint density at radius 3 is 2.38 bits per heavy atom. The zero-order chi connectivity index (χ0) is 10.0. The van der Waals surface area contributed by atoms with Gasteiger partial charge in [-0.3, -0.25) is 4.98 Å². The minimum Gasteiger partial charge on any atom is -0.253 e.